The van der Waals surface area contributed by atoms with Crippen LogP contribution in [0.25, 0.3) is 98.2 Å². The summed E-state index contributed by atoms with van der Waals surface area (Å²) in [4.78, 5) is 19.8. The molecule has 0 aliphatic rings. The summed E-state index contributed by atoms with van der Waals surface area (Å²) in [5.41, 5.74) is 12.6. The first-order valence-electron chi connectivity index (χ1n) is 32.1. The molecule has 476 valence electrons. The van der Waals surface area contributed by atoms with Gasteiger partial charge in [0.2, 0.25) is 0 Å². The van der Waals surface area contributed by atoms with Crippen LogP contribution in [0.1, 0.15) is 74.1 Å². The van der Waals surface area contributed by atoms with Gasteiger partial charge in [-0.3, -0.25) is 19.9 Å². The molecule has 8 nitrogen and oxygen atoms in total. The molecule has 14 rings (SSSR count). The molecule has 14 aromatic rings. The van der Waals surface area contributed by atoms with Crippen LogP contribution in [0.3, 0.4) is 0 Å². The van der Waals surface area contributed by atoms with Crippen LogP contribution in [0.2, 0.25) is 0 Å². The van der Waals surface area contributed by atoms with Crippen molar-refractivity contribution in [2.75, 3.05) is 26.4 Å². The van der Waals surface area contributed by atoms with Crippen LogP contribution < -0.4 is 18.9 Å². The summed E-state index contributed by atoms with van der Waals surface area (Å²) in [5, 5.41) is 11.7. The maximum atomic E-state index is 6.82. The SMILES string of the molecule is Br.Br.Br.Br.c1ccc2cc3cc4c(-c5cc(OCCCCc6ccc7ccccc7n6)cc(OCCCCc6ccc7ccccc7n6)c5)c(-c5cc(OCCCCc6ccc7ccccc7n6)cc(OCCCCc6ccc7ccccc7n6)c5)ccc4cc3cc2c1. The summed E-state index contributed by atoms with van der Waals surface area (Å²) < 4.78 is 27.2. The Balaban J connectivity index is 0.00000241. The highest BCUT2D eigenvalue weighted by atomic mass is 79.9. The molecule has 12 heteroatoms. The van der Waals surface area contributed by atoms with Gasteiger partial charge in [-0.15, -0.1) is 67.9 Å². The lowest BCUT2D eigenvalue weighted by Crippen LogP contribution is -2.03. The first-order chi connectivity index (χ1) is 44.5. The molecule has 0 saturated carbocycles. The summed E-state index contributed by atoms with van der Waals surface area (Å²) in [6.07, 6.45) is 10.8. The number of hydrogen-bond donors (Lipinski definition) is 0. The number of fused-ring (bicyclic) bond motifs is 7. The number of pyridine rings is 4. The van der Waals surface area contributed by atoms with Gasteiger partial charge < -0.3 is 18.9 Å². The summed E-state index contributed by atoms with van der Waals surface area (Å²) in [5.74, 6) is 3.06. The number of nitrogens with zero attached hydrogens (tertiary/aromatic N) is 4. The van der Waals surface area contributed by atoms with Crippen LogP contribution >= 0.6 is 67.9 Å². The number of aromatic nitrogens is 4. The van der Waals surface area contributed by atoms with Crippen molar-refractivity contribution in [3.05, 3.63) is 265 Å². The van der Waals surface area contributed by atoms with Gasteiger partial charge in [-0.2, -0.15) is 0 Å². The topological polar surface area (TPSA) is 88.5 Å². The highest BCUT2D eigenvalue weighted by molar-refractivity contribution is 8.93. The van der Waals surface area contributed by atoms with E-state index >= 15 is 0 Å². The van der Waals surface area contributed by atoms with Crippen LogP contribution in [0.15, 0.2) is 243 Å². The van der Waals surface area contributed by atoms with Crippen molar-refractivity contribution in [1.29, 1.82) is 0 Å². The Morgan fingerprint density at radius 1 is 0.234 bits per heavy atom. The van der Waals surface area contributed by atoms with E-state index in [1.807, 2.05) is 0 Å². The molecule has 0 bridgehead atoms. The minimum atomic E-state index is 0. The normalized spacial score (nSPS) is 11.1. The molecule has 0 unspecified atom stereocenters. The molecule has 94 heavy (non-hydrogen) atoms. The van der Waals surface area contributed by atoms with Crippen molar-refractivity contribution in [1.82, 2.24) is 19.9 Å². The molecule has 0 radical (unpaired) electrons. The van der Waals surface area contributed by atoms with Crippen LogP contribution in [0, 0.1) is 0 Å². The number of benzene rings is 10. The third-order valence-electron chi connectivity index (χ3n) is 17.2. The molecule has 0 fully saturated rings. The van der Waals surface area contributed by atoms with E-state index in [9.17, 15) is 0 Å². The van der Waals surface area contributed by atoms with E-state index in [-0.39, 0.29) is 67.9 Å². The van der Waals surface area contributed by atoms with Gasteiger partial charge in [0.25, 0.3) is 0 Å². The molecule has 4 aromatic heterocycles. The fourth-order valence-electron chi connectivity index (χ4n) is 12.5. The fourth-order valence-corrected chi connectivity index (χ4v) is 12.5. The van der Waals surface area contributed by atoms with Gasteiger partial charge in [0.1, 0.15) is 23.0 Å². The summed E-state index contributed by atoms with van der Waals surface area (Å²) in [6, 6.07) is 86.0. The Hall–Kier alpha value is -8.26. The Bertz CT molecular complexity index is 4660. The molecular formula is C82H76Br4N4O4. The second-order valence-corrected chi connectivity index (χ2v) is 23.7. The second-order valence-electron chi connectivity index (χ2n) is 23.7. The first kappa shape index (κ1) is 68.6. The van der Waals surface area contributed by atoms with Crippen LogP contribution in [-0.2, 0) is 25.7 Å². The van der Waals surface area contributed by atoms with Crippen molar-refractivity contribution in [3.8, 4) is 45.3 Å². The van der Waals surface area contributed by atoms with Crippen molar-refractivity contribution in [2.24, 2.45) is 0 Å². The van der Waals surface area contributed by atoms with E-state index in [0.29, 0.717) is 26.4 Å². The summed E-state index contributed by atoms with van der Waals surface area (Å²) in [6.45, 7) is 2.20. The third kappa shape index (κ3) is 17.0. The molecular weight excluding hydrogens is 1420 g/mol. The standard InChI is InChI=1S/C82H72N4O4.4BrH/c1-2-24-62-48-65-54-77-63(49-64(65)47-61(62)23-1)37-42-76(66-50-72(87-43-15-11-25-68-38-33-57-19-3-7-29-78(57)83-68)55-73(51-66)88-44-16-12-26-69-39-34-58-20-4-8-30-79(58)84-69)82(77)67-52-74(89-45-17-13-27-70-40-35-59-21-5-9-31-80(59)85-70)56-75(53-67)90-46-18-14-28-71-41-36-60-22-6-10-32-81(60)86-71;;;;/h1-10,19-24,29-42,47-56H,11-18,25-28,43-46H2;4*1H. The van der Waals surface area contributed by atoms with Gasteiger partial charge in [-0.1, -0.05) is 133 Å². The highest BCUT2D eigenvalue weighted by Gasteiger charge is 2.19. The number of halogens is 4. The largest absolute Gasteiger partial charge is 0.493 e. The van der Waals surface area contributed by atoms with E-state index in [2.05, 4.69) is 243 Å². The number of aryl methyl sites for hydroxylation is 4. The maximum Gasteiger partial charge on any atom is 0.123 e. The van der Waals surface area contributed by atoms with Crippen LogP contribution in [-0.4, -0.2) is 46.4 Å². The molecule has 0 N–H and O–H groups in total. The Kier molecular flexibility index (Phi) is 24.2. The lowest BCUT2D eigenvalue weighted by atomic mass is 9.88. The van der Waals surface area contributed by atoms with E-state index in [1.54, 1.807) is 0 Å². The smallest absolute Gasteiger partial charge is 0.123 e. The first-order valence-corrected chi connectivity index (χ1v) is 32.1. The molecule has 0 aliphatic carbocycles. The van der Waals surface area contributed by atoms with Gasteiger partial charge in [-0.05, 0) is 229 Å². The molecule has 0 aliphatic heterocycles. The van der Waals surface area contributed by atoms with Gasteiger partial charge in [0.05, 0.1) is 48.5 Å². The zero-order chi connectivity index (χ0) is 60.3. The summed E-state index contributed by atoms with van der Waals surface area (Å²) >= 11 is 0. The zero-order valence-corrected chi connectivity index (χ0v) is 59.3. The molecule has 10 aromatic carbocycles. The molecule has 0 atom stereocenters. The second kappa shape index (κ2) is 33.2. The number of ether oxygens (including phenoxy) is 4. The van der Waals surface area contributed by atoms with Crippen molar-refractivity contribution in [2.45, 2.75) is 77.0 Å². The van der Waals surface area contributed by atoms with Gasteiger partial charge in [-0.25, -0.2) is 0 Å². The Labute approximate surface area is 592 Å². The predicted octanol–water partition coefficient (Wildman–Crippen LogP) is 22.6. The van der Waals surface area contributed by atoms with Crippen molar-refractivity contribution < 1.29 is 18.9 Å². The maximum absolute atomic E-state index is 6.82. The lowest BCUT2D eigenvalue weighted by Gasteiger charge is -2.19. The molecule has 4 heterocycles. The quantitative estimate of drug-likeness (QED) is 0.0391. The van der Waals surface area contributed by atoms with E-state index in [1.165, 1.54) is 21.5 Å². The highest BCUT2D eigenvalue weighted by Crippen LogP contribution is 2.44. The van der Waals surface area contributed by atoms with E-state index in [4.69, 9.17) is 38.9 Å². The number of hydrogen-bond acceptors (Lipinski definition) is 8. The van der Waals surface area contributed by atoms with Crippen molar-refractivity contribution >= 4 is 144 Å². The fraction of sp³-hybridized carbons (Fsp3) is 0.195. The van der Waals surface area contributed by atoms with Gasteiger partial charge in [0.15, 0.2) is 0 Å². The Morgan fingerprint density at radius 2 is 0.532 bits per heavy atom. The number of rotatable bonds is 26. The molecule has 0 spiro atoms. The van der Waals surface area contributed by atoms with Crippen LogP contribution in [0.4, 0.5) is 0 Å². The van der Waals surface area contributed by atoms with Gasteiger partial charge >= 0.3 is 0 Å². The Morgan fingerprint density at radius 3 is 0.894 bits per heavy atom. The molecule has 0 amide bonds. The molecule has 0 saturated heterocycles. The monoisotopic (exact) mass is 1500 g/mol. The minimum absolute atomic E-state index is 0. The number of unbranched alkanes of at least 4 members (excludes halogenated alkanes) is 4. The van der Waals surface area contributed by atoms with E-state index in [0.717, 1.165) is 199 Å². The summed E-state index contributed by atoms with van der Waals surface area (Å²) in [7, 11) is 0. The number of para-hydroxylation sites is 4. The minimum Gasteiger partial charge on any atom is -0.493 e. The predicted molar refractivity (Wildman–Crippen MR) is 412 cm³/mol. The van der Waals surface area contributed by atoms with Crippen LogP contribution in [0.5, 0.6) is 23.0 Å². The van der Waals surface area contributed by atoms with E-state index < -0.39 is 0 Å². The van der Waals surface area contributed by atoms with Gasteiger partial charge in [0, 0.05) is 56.5 Å². The average molecular weight is 1500 g/mol. The third-order valence-corrected chi connectivity index (χ3v) is 17.2. The lowest BCUT2D eigenvalue weighted by molar-refractivity contribution is 0.291. The van der Waals surface area contributed by atoms with Crippen molar-refractivity contribution in [3.63, 3.8) is 0 Å². The average Bonchev–Trinajstić information content (AvgIpc) is 0.759. The zero-order valence-electron chi connectivity index (χ0n) is 52.5.